The van der Waals surface area contributed by atoms with Crippen molar-refractivity contribution in [1.82, 2.24) is 14.7 Å². The summed E-state index contributed by atoms with van der Waals surface area (Å²) in [7, 11) is 1.82. The van der Waals surface area contributed by atoms with Crippen molar-refractivity contribution >= 4 is 29.1 Å². The highest BCUT2D eigenvalue weighted by Crippen LogP contribution is 2.34. The van der Waals surface area contributed by atoms with E-state index in [0.29, 0.717) is 27.0 Å². The summed E-state index contributed by atoms with van der Waals surface area (Å²) < 4.78 is 1.63. The van der Waals surface area contributed by atoms with Gasteiger partial charge in [-0.15, -0.1) is 0 Å². The lowest BCUT2D eigenvalue weighted by molar-refractivity contribution is 0.0688. The van der Waals surface area contributed by atoms with Gasteiger partial charge in [-0.05, 0) is 38.0 Å². The van der Waals surface area contributed by atoms with E-state index in [1.165, 1.54) is 6.42 Å². The summed E-state index contributed by atoms with van der Waals surface area (Å²) >= 11 is 12.6. The average molecular weight is 485 g/mol. The molecule has 0 aliphatic heterocycles. The van der Waals surface area contributed by atoms with Crippen molar-refractivity contribution in [3.8, 4) is 16.9 Å². The van der Waals surface area contributed by atoms with Gasteiger partial charge in [0.2, 0.25) is 0 Å². The van der Waals surface area contributed by atoms with Gasteiger partial charge < -0.3 is 4.90 Å². The Kier molecular flexibility index (Phi) is 7.15. The van der Waals surface area contributed by atoms with Crippen LogP contribution in [-0.2, 0) is 6.54 Å². The maximum Gasteiger partial charge on any atom is 0.274 e. The van der Waals surface area contributed by atoms with Crippen LogP contribution in [0.2, 0.25) is 10.0 Å². The second-order valence-corrected chi connectivity index (χ2v) is 9.39. The summed E-state index contributed by atoms with van der Waals surface area (Å²) in [4.78, 5) is 26.8. The Balaban J connectivity index is 1.90. The van der Waals surface area contributed by atoms with E-state index in [-0.39, 0.29) is 24.2 Å². The van der Waals surface area contributed by atoms with Gasteiger partial charge in [0.25, 0.3) is 5.91 Å². The Bertz CT molecular complexity index is 1170. The summed E-state index contributed by atoms with van der Waals surface area (Å²) in [5.74, 6) is -0.210. The molecule has 0 bridgehead atoms. The number of nitroso groups, excluding NO2 is 1. The van der Waals surface area contributed by atoms with Crippen LogP contribution in [0.5, 0.6) is 0 Å². The van der Waals surface area contributed by atoms with E-state index >= 15 is 0 Å². The lowest BCUT2D eigenvalue weighted by Crippen LogP contribution is -2.38. The van der Waals surface area contributed by atoms with Gasteiger partial charge in [0.05, 0.1) is 16.4 Å². The third-order valence-electron chi connectivity index (χ3n) is 6.31. The molecule has 33 heavy (non-hydrogen) atoms. The van der Waals surface area contributed by atoms with Crippen molar-refractivity contribution in [3.63, 3.8) is 0 Å². The Morgan fingerprint density at radius 1 is 1.12 bits per heavy atom. The molecule has 1 aromatic heterocycles. The maximum atomic E-state index is 13.6. The van der Waals surface area contributed by atoms with Gasteiger partial charge in [0.1, 0.15) is 6.54 Å². The molecular formula is C25H26Cl2N4O2. The second-order valence-electron chi connectivity index (χ2n) is 8.54. The monoisotopic (exact) mass is 484 g/mol. The SMILES string of the molecule is Cc1ccc(-c2c(CN=O)c(C(=O)N(C)C3CCCCC3)nn2-c2ccc(Cl)cc2Cl)cc1. The van der Waals surface area contributed by atoms with Gasteiger partial charge >= 0.3 is 0 Å². The van der Waals surface area contributed by atoms with Gasteiger partial charge in [0, 0.05) is 29.2 Å². The molecular weight excluding hydrogens is 459 g/mol. The summed E-state index contributed by atoms with van der Waals surface area (Å²) in [6.07, 6.45) is 5.35. The molecule has 0 spiro atoms. The molecule has 6 nitrogen and oxygen atoms in total. The van der Waals surface area contributed by atoms with Crippen LogP contribution in [-0.4, -0.2) is 33.7 Å². The molecule has 1 heterocycles. The second kappa shape index (κ2) is 10.1. The van der Waals surface area contributed by atoms with Crippen LogP contribution >= 0.6 is 23.2 Å². The fourth-order valence-corrected chi connectivity index (χ4v) is 4.96. The fraction of sp³-hybridized carbons (Fsp3) is 0.360. The van der Waals surface area contributed by atoms with Crippen molar-refractivity contribution in [2.45, 2.75) is 51.6 Å². The molecule has 1 aliphatic carbocycles. The van der Waals surface area contributed by atoms with Gasteiger partial charge in [-0.2, -0.15) is 10.0 Å². The normalized spacial score (nSPS) is 14.3. The van der Waals surface area contributed by atoms with E-state index in [4.69, 9.17) is 28.3 Å². The summed E-state index contributed by atoms with van der Waals surface area (Å²) in [5, 5.41) is 8.73. The van der Waals surface area contributed by atoms with E-state index < -0.39 is 0 Å². The van der Waals surface area contributed by atoms with Crippen LogP contribution in [0.4, 0.5) is 0 Å². The molecule has 1 aliphatic rings. The number of nitrogens with zero attached hydrogens (tertiary/aromatic N) is 4. The van der Waals surface area contributed by atoms with Crippen molar-refractivity contribution in [2.24, 2.45) is 5.18 Å². The maximum absolute atomic E-state index is 13.6. The molecule has 172 valence electrons. The molecule has 3 aromatic rings. The standard InChI is InChI=1S/C25H26Cl2N4O2/c1-16-8-10-17(11-9-16)24-20(15-28-33)23(25(32)30(2)19-6-4-3-5-7-19)29-31(24)22-13-12-18(26)14-21(22)27/h8-14,19H,3-7,15H2,1-2H3. The molecule has 0 N–H and O–H groups in total. The zero-order valence-electron chi connectivity index (χ0n) is 18.7. The molecule has 2 aromatic carbocycles. The van der Waals surface area contributed by atoms with Crippen LogP contribution in [0.25, 0.3) is 16.9 Å². The van der Waals surface area contributed by atoms with Crippen molar-refractivity contribution in [2.75, 3.05) is 7.05 Å². The number of carbonyl (C=O) groups excluding carboxylic acids is 1. The number of aromatic nitrogens is 2. The van der Waals surface area contributed by atoms with E-state index in [9.17, 15) is 9.70 Å². The van der Waals surface area contributed by atoms with E-state index in [1.807, 2.05) is 38.2 Å². The Morgan fingerprint density at radius 2 is 1.82 bits per heavy atom. The minimum Gasteiger partial charge on any atom is -0.337 e. The zero-order chi connectivity index (χ0) is 23.5. The van der Waals surface area contributed by atoms with Crippen molar-refractivity contribution in [1.29, 1.82) is 0 Å². The molecule has 1 fully saturated rings. The highest BCUT2D eigenvalue weighted by Gasteiger charge is 2.30. The van der Waals surface area contributed by atoms with Gasteiger partial charge in [-0.25, -0.2) is 4.68 Å². The smallest absolute Gasteiger partial charge is 0.274 e. The van der Waals surface area contributed by atoms with Crippen LogP contribution in [0.1, 0.15) is 53.7 Å². The molecule has 1 saturated carbocycles. The Labute approximate surface area is 203 Å². The number of rotatable bonds is 6. The topological polar surface area (TPSA) is 67.6 Å². The van der Waals surface area contributed by atoms with E-state index in [1.54, 1.807) is 27.8 Å². The molecule has 4 rings (SSSR count). The van der Waals surface area contributed by atoms with Crippen LogP contribution in [0.3, 0.4) is 0 Å². The molecule has 0 atom stereocenters. The molecule has 0 unspecified atom stereocenters. The lowest BCUT2D eigenvalue weighted by atomic mass is 9.94. The number of aryl methyl sites for hydroxylation is 1. The van der Waals surface area contributed by atoms with Crippen molar-refractivity contribution < 1.29 is 4.79 Å². The number of halogens is 2. The molecule has 1 amide bonds. The number of amides is 1. The quantitative estimate of drug-likeness (QED) is 0.360. The Hall–Kier alpha value is -2.70. The van der Waals surface area contributed by atoms with Crippen LogP contribution < -0.4 is 0 Å². The third kappa shape index (κ3) is 4.82. The number of carbonyl (C=O) groups is 1. The summed E-state index contributed by atoms with van der Waals surface area (Å²) in [6.45, 7) is 1.83. The lowest BCUT2D eigenvalue weighted by Gasteiger charge is -2.30. The summed E-state index contributed by atoms with van der Waals surface area (Å²) in [5.41, 5.74) is 3.83. The first-order valence-electron chi connectivity index (χ1n) is 11.1. The first-order chi connectivity index (χ1) is 15.9. The number of hydrogen-bond acceptors (Lipinski definition) is 4. The average Bonchev–Trinajstić information content (AvgIpc) is 3.18. The molecule has 0 saturated heterocycles. The van der Waals surface area contributed by atoms with Gasteiger partial charge in [-0.1, -0.05) is 77.5 Å². The predicted molar refractivity (Wildman–Crippen MR) is 132 cm³/mol. The third-order valence-corrected chi connectivity index (χ3v) is 6.85. The van der Waals surface area contributed by atoms with Gasteiger partial charge in [0.15, 0.2) is 5.69 Å². The van der Waals surface area contributed by atoms with Crippen molar-refractivity contribution in [3.05, 3.63) is 74.2 Å². The number of hydrogen-bond donors (Lipinski definition) is 0. The van der Waals surface area contributed by atoms with Gasteiger partial charge in [-0.3, -0.25) is 4.79 Å². The minimum atomic E-state index is -0.210. The molecule has 0 radical (unpaired) electrons. The highest BCUT2D eigenvalue weighted by molar-refractivity contribution is 6.35. The first kappa shape index (κ1) is 23.5. The minimum absolute atomic E-state index is 0.162. The van der Waals surface area contributed by atoms with Crippen LogP contribution in [0.15, 0.2) is 47.6 Å². The Morgan fingerprint density at radius 3 is 2.45 bits per heavy atom. The largest absolute Gasteiger partial charge is 0.337 e. The van der Waals surface area contributed by atoms with Crippen LogP contribution in [0, 0.1) is 11.8 Å². The zero-order valence-corrected chi connectivity index (χ0v) is 20.2. The number of benzene rings is 2. The molecule has 8 heteroatoms. The van der Waals surface area contributed by atoms with E-state index in [2.05, 4.69) is 5.18 Å². The predicted octanol–water partition coefficient (Wildman–Crippen LogP) is 6.83. The highest BCUT2D eigenvalue weighted by atomic mass is 35.5. The fourth-order valence-electron chi connectivity index (χ4n) is 4.47. The van der Waals surface area contributed by atoms with E-state index in [0.717, 1.165) is 36.8 Å². The summed E-state index contributed by atoms with van der Waals surface area (Å²) in [6, 6.07) is 13.1. The first-order valence-corrected chi connectivity index (χ1v) is 11.9.